The summed E-state index contributed by atoms with van der Waals surface area (Å²) in [5.74, 6) is 0. The predicted molar refractivity (Wildman–Crippen MR) is 187 cm³/mol. The molecule has 2 aliphatic rings. The molecule has 0 aromatic heterocycles. The van der Waals surface area contributed by atoms with Crippen LogP contribution in [-0.4, -0.2) is 23.4 Å². The molecule has 2 heteroatoms. The van der Waals surface area contributed by atoms with Crippen LogP contribution in [0.25, 0.3) is 21.5 Å². The molecule has 6 rings (SSSR count). The van der Waals surface area contributed by atoms with Crippen LogP contribution in [0.3, 0.4) is 0 Å². The second-order valence-corrected chi connectivity index (χ2v) is 13.3. The number of nitrogens with zero attached hydrogens (tertiary/aromatic N) is 2. The average Bonchev–Trinajstić information content (AvgIpc) is 3.37. The van der Waals surface area contributed by atoms with Crippen LogP contribution in [0.5, 0.6) is 0 Å². The Balaban J connectivity index is 1.35. The molecule has 0 amide bonds. The van der Waals surface area contributed by atoms with E-state index in [4.69, 9.17) is 0 Å². The number of hydrogen-bond donors (Lipinski definition) is 0. The number of rotatable bonds is 9. The van der Waals surface area contributed by atoms with Crippen molar-refractivity contribution in [1.82, 2.24) is 0 Å². The lowest BCUT2D eigenvalue weighted by Crippen LogP contribution is -2.28. The quantitative estimate of drug-likeness (QED) is 0.144. The first kappa shape index (κ1) is 29.2. The van der Waals surface area contributed by atoms with Crippen molar-refractivity contribution < 1.29 is 4.58 Å². The molecule has 4 aromatic carbocycles. The highest BCUT2D eigenvalue weighted by Crippen LogP contribution is 2.51. The molecule has 0 aliphatic carbocycles. The molecule has 220 valence electrons. The predicted octanol–water partition coefficient (Wildman–Crippen LogP) is 10.8. The van der Waals surface area contributed by atoms with Crippen molar-refractivity contribution in [1.29, 1.82) is 0 Å². The molecule has 0 saturated heterocycles. The molecule has 0 radical (unpaired) electrons. The summed E-state index contributed by atoms with van der Waals surface area (Å²) in [7, 11) is 0. The van der Waals surface area contributed by atoms with Gasteiger partial charge in [-0.05, 0) is 65.6 Å². The number of allylic oxidation sites excluding steroid dienone is 6. The van der Waals surface area contributed by atoms with Crippen LogP contribution < -0.4 is 4.90 Å². The molecular formula is C41H47N2+. The fraction of sp³-hybridized carbons (Fsp3) is 0.341. The van der Waals surface area contributed by atoms with Crippen molar-refractivity contribution in [3.63, 3.8) is 0 Å². The van der Waals surface area contributed by atoms with Gasteiger partial charge in [0.2, 0.25) is 5.69 Å². The number of benzene rings is 4. The molecule has 43 heavy (non-hydrogen) atoms. The SMILES string of the molecule is CCCCN1/C(=C/C=CC=CC2=[N+](CCCC)c3ccc4ccccc4c3C2(C)C)C(C)(C)c2c1ccc1ccccc21. The fourth-order valence-corrected chi connectivity index (χ4v) is 7.54. The minimum absolute atomic E-state index is 0.0696. The summed E-state index contributed by atoms with van der Waals surface area (Å²) in [6.07, 6.45) is 16.2. The van der Waals surface area contributed by atoms with Gasteiger partial charge in [-0.3, -0.25) is 0 Å². The maximum Gasteiger partial charge on any atom is 0.210 e. The van der Waals surface area contributed by atoms with Crippen LogP contribution in [0.4, 0.5) is 11.4 Å². The first-order valence-corrected chi connectivity index (χ1v) is 16.3. The fourth-order valence-electron chi connectivity index (χ4n) is 7.54. The number of fused-ring (bicyclic) bond motifs is 6. The van der Waals surface area contributed by atoms with E-state index in [-0.39, 0.29) is 10.8 Å². The van der Waals surface area contributed by atoms with Gasteiger partial charge in [-0.15, -0.1) is 0 Å². The van der Waals surface area contributed by atoms with E-state index in [0.29, 0.717) is 0 Å². The van der Waals surface area contributed by atoms with Crippen LogP contribution >= 0.6 is 0 Å². The lowest BCUT2D eigenvalue weighted by atomic mass is 9.79. The Morgan fingerprint density at radius 2 is 1.33 bits per heavy atom. The van der Waals surface area contributed by atoms with E-state index in [1.165, 1.54) is 81.1 Å². The third-order valence-electron chi connectivity index (χ3n) is 9.71. The van der Waals surface area contributed by atoms with Gasteiger partial charge in [0.1, 0.15) is 6.54 Å². The van der Waals surface area contributed by atoms with Gasteiger partial charge in [-0.25, -0.2) is 0 Å². The van der Waals surface area contributed by atoms with Crippen molar-refractivity contribution >= 4 is 38.6 Å². The van der Waals surface area contributed by atoms with Crippen LogP contribution in [0.1, 0.15) is 78.4 Å². The van der Waals surface area contributed by atoms with Crippen molar-refractivity contribution in [2.24, 2.45) is 0 Å². The minimum atomic E-state index is -0.0696. The van der Waals surface area contributed by atoms with Crippen molar-refractivity contribution in [3.8, 4) is 0 Å². The van der Waals surface area contributed by atoms with Gasteiger partial charge in [-0.2, -0.15) is 4.58 Å². The largest absolute Gasteiger partial charge is 0.344 e. The first-order valence-electron chi connectivity index (χ1n) is 16.3. The van der Waals surface area contributed by atoms with Gasteiger partial charge in [0.05, 0.1) is 5.41 Å². The third kappa shape index (κ3) is 4.95. The lowest BCUT2D eigenvalue weighted by molar-refractivity contribution is -0.438. The van der Waals surface area contributed by atoms with E-state index in [1.807, 2.05) is 0 Å². The number of hydrogen-bond acceptors (Lipinski definition) is 1. The van der Waals surface area contributed by atoms with E-state index in [2.05, 4.69) is 154 Å². The minimum Gasteiger partial charge on any atom is -0.344 e. The summed E-state index contributed by atoms with van der Waals surface area (Å²) in [4.78, 5) is 2.57. The highest BCUT2D eigenvalue weighted by molar-refractivity contribution is 6.07. The summed E-state index contributed by atoms with van der Waals surface area (Å²) in [5.41, 5.74) is 8.27. The average molecular weight is 568 g/mol. The topological polar surface area (TPSA) is 6.25 Å². The zero-order valence-electron chi connectivity index (χ0n) is 27.0. The molecule has 4 aromatic rings. The van der Waals surface area contributed by atoms with Crippen molar-refractivity contribution in [2.75, 3.05) is 18.0 Å². The van der Waals surface area contributed by atoms with Gasteiger partial charge >= 0.3 is 0 Å². The zero-order chi connectivity index (χ0) is 30.2. The highest BCUT2D eigenvalue weighted by Gasteiger charge is 2.45. The summed E-state index contributed by atoms with van der Waals surface area (Å²) >= 11 is 0. The molecule has 0 bridgehead atoms. The molecule has 0 fully saturated rings. The van der Waals surface area contributed by atoms with E-state index >= 15 is 0 Å². The molecule has 0 saturated carbocycles. The van der Waals surface area contributed by atoms with E-state index in [1.54, 1.807) is 0 Å². The maximum absolute atomic E-state index is 2.57. The second-order valence-electron chi connectivity index (χ2n) is 13.3. The molecule has 2 heterocycles. The smallest absolute Gasteiger partial charge is 0.210 e. The Labute approximate surface area is 258 Å². The van der Waals surface area contributed by atoms with Crippen LogP contribution in [0.2, 0.25) is 0 Å². The Hall–Kier alpha value is -3.91. The standard InChI is InChI=1S/C41H47N2/c1-7-9-28-42-34-26-24-30-18-14-16-20-32(30)38(34)40(3,4)36(42)22-12-11-13-23-37-41(5,6)39-33-21-17-15-19-31(33)25-27-35(39)43(37)29-10-8-2/h11-27H,7-10,28-29H2,1-6H3/q+1. The third-order valence-corrected chi connectivity index (χ3v) is 9.71. The van der Waals surface area contributed by atoms with E-state index in [9.17, 15) is 0 Å². The normalized spacial score (nSPS) is 18.2. The molecule has 2 aliphatic heterocycles. The highest BCUT2D eigenvalue weighted by atomic mass is 15.2. The van der Waals surface area contributed by atoms with Crippen LogP contribution in [-0.2, 0) is 10.8 Å². The summed E-state index contributed by atoms with van der Waals surface area (Å²) in [5, 5.41) is 5.39. The molecule has 0 N–H and O–H groups in total. The lowest BCUT2D eigenvalue weighted by Gasteiger charge is -2.27. The van der Waals surface area contributed by atoms with Crippen LogP contribution in [0, 0.1) is 0 Å². The monoisotopic (exact) mass is 567 g/mol. The second kappa shape index (κ2) is 11.6. The van der Waals surface area contributed by atoms with E-state index < -0.39 is 0 Å². The summed E-state index contributed by atoms with van der Waals surface area (Å²) < 4.78 is 2.57. The maximum atomic E-state index is 2.57. The molecule has 0 atom stereocenters. The summed E-state index contributed by atoms with van der Waals surface area (Å²) in [6, 6.07) is 27.0. The number of anilines is 1. The van der Waals surface area contributed by atoms with Gasteiger partial charge in [0.25, 0.3) is 0 Å². The Morgan fingerprint density at radius 1 is 0.674 bits per heavy atom. The van der Waals surface area contributed by atoms with Crippen molar-refractivity contribution in [3.05, 3.63) is 120 Å². The van der Waals surface area contributed by atoms with Gasteiger partial charge < -0.3 is 4.90 Å². The zero-order valence-corrected chi connectivity index (χ0v) is 27.0. The van der Waals surface area contributed by atoms with Gasteiger partial charge in [0.15, 0.2) is 5.71 Å². The Kier molecular flexibility index (Phi) is 7.90. The number of unbranched alkanes of at least 4 members (excludes halogenated alkanes) is 2. The molecule has 2 nitrogen and oxygen atoms in total. The first-order chi connectivity index (χ1) is 20.8. The van der Waals surface area contributed by atoms with Crippen molar-refractivity contribution in [2.45, 2.75) is 78.1 Å². The van der Waals surface area contributed by atoms with Crippen LogP contribution in [0.15, 0.2) is 109 Å². The van der Waals surface area contributed by atoms with E-state index in [0.717, 1.165) is 13.1 Å². The van der Waals surface area contributed by atoms with Gasteiger partial charge in [0, 0.05) is 47.5 Å². The molecular weight excluding hydrogens is 520 g/mol. The summed E-state index contributed by atoms with van der Waals surface area (Å²) in [6.45, 7) is 16.2. The molecule has 0 spiro atoms. The Morgan fingerprint density at radius 3 is 2.02 bits per heavy atom. The van der Waals surface area contributed by atoms with Gasteiger partial charge in [-0.1, -0.05) is 113 Å². The molecule has 0 unspecified atom stereocenters. The Bertz CT molecular complexity index is 1790.